The molecule has 0 bridgehead atoms. The van der Waals surface area contributed by atoms with Gasteiger partial charge >= 0.3 is 6.03 Å². The smallest absolute Gasteiger partial charge is 0.340 e. The van der Waals surface area contributed by atoms with E-state index in [1.807, 2.05) is 22.9 Å². The van der Waals surface area contributed by atoms with E-state index < -0.39 is 11.8 Å². The van der Waals surface area contributed by atoms with Crippen molar-refractivity contribution >= 4 is 40.4 Å². The second-order valence-corrected chi connectivity index (χ2v) is 4.87. The van der Waals surface area contributed by atoms with Gasteiger partial charge in [-0.1, -0.05) is 6.08 Å². The summed E-state index contributed by atoms with van der Waals surface area (Å²) in [5.74, 6) is -0.580. The van der Waals surface area contributed by atoms with Crippen LogP contribution in [-0.2, 0) is 0 Å². The van der Waals surface area contributed by atoms with Gasteiger partial charge in [0.25, 0.3) is 0 Å². The standard InChI is InChI=1S/C14H9FN3OS/c15-11-3-1-2-10-12(5-4-9-6-7-20-8-9)17-18(13(10)11)14(16)19/h2-8H,(H2,16,19)/b5-4+. The number of carbonyl (C=O) groups is 1. The number of amides is 1. The zero-order chi connectivity index (χ0) is 14.1. The minimum absolute atomic E-state index is 0.0706. The average molecular weight is 286 g/mol. The summed E-state index contributed by atoms with van der Waals surface area (Å²) in [6.45, 7) is 0. The lowest BCUT2D eigenvalue weighted by Crippen LogP contribution is -2.21. The molecule has 2 aromatic heterocycles. The van der Waals surface area contributed by atoms with Crippen molar-refractivity contribution in [2.75, 3.05) is 0 Å². The Labute approximate surface area is 117 Å². The van der Waals surface area contributed by atoms with Gasteiger partial charge in [-0.05, 0) is 46.7 Å². The molecule has 0 fully saturated rings. The Balaban J connectivity index is 2.17. The van der Waals surface area contributed by atoms with Crippen molar-refractivity contribution in [1.82, 2.24) is 9.78 Å². The first-order valence-corrected chi connectivity index (χ1v) is 6.69. The molecular formula is C14H9FN3OS. The zero-order valence-corrected chi connectivity index (χ0v) is 11.0. The summed E-state index contributed by atoms with van der Waals surface area (Å²) in [6.07, 6.45) is 3.56. The number of primary amides is 1. The van der Waals surface area contributed by atoms with Crippen LogP contribution in [0.2, 0.25) is 0 Å². The molecule has 0 aliphatic rings. The number of hydrogen-bond acceptors (Lipinski definition) is 3. The third-order valence-electron chi connectivity index (χ3n) is 2.80. The molecule has 0 atom stereocenters. The van der Waals surface area contributed by atoms with Gasteiger partial charge < -0.3 is 5.73 Å². The summed E-state index contributed by atoms with van der Waals surface area (Å²) in [4.78, 5) is 11.3. The van der Waals surface area contributed by atoms with Crippen LogP contribution < -0.4 is 5.73 Å². The molecule has 3 rings (SSSR count). The molecule has 1 aromatic carbocycles. The molecule has 6 heteroatoms. The first-order valence-electron chi connectivity index (χ1n) is 5.75. The maximum absolute atomic E-state index is 13.8. The summed E-state index contributed by atoms with van der Waals surface area (Å²) < 4.78 is 14.7. The number of nitrogens with two attached hydrogens (primary N) is 1. The zero-order valence-electron chi connectivity index (χ0n) is 10.2. The van der Waals surface area contributed by atoms with Crippen molar-refractivity contribution in [2.24, 2.45) is 5.73 Å². The van der Waals surface area contributed by atoms with E-state index in [1.54, 1.807) is 23.5 Å². The van der Waals surface area contributed by atoms with Gasteiger partial charge in [-0.15, -0.1) is 0 Å². The second kappa shape index (κ2) is 4.90. The highest BCUT2D eigenvalue weighted by Crippen LogP contribution is 2.23. The van der Waals surface area contributed by atoms with E-state index in [0.29, 0.717) is 11.1 Å². The highest BCUT2D eigenvalue weighted by atomic mass is 32.1. The van der Waals surface area contributed by atoms with Gasteiger partial charge in [-0.3, -0.25) is 0 Å². The van der Waals surface area contributed by atoms with Crippen molar-refractivity contribution in [3.8, 4) is 0 Å². The predicted octanol–water partition coefficient (Wildman–Crippen LogP) is 3.13. The Morgan fingerprint density at radius 1 is 1.45 bits per heavy atom. The molecule has 99 valence electrons. The lowest BCUT2D eigenvalue weighted by molar-refractivity contribution is 0.248. The highest BCUT2D eigenvalue weighted by molar-refractivity contribution is 7.08. The average Bonchev–Trinajstić information content (AvgIpc) is 3.04. The van der Waals surface area contributed by atoms with E-state index in [1.165, 1.54) is 0 Å². The molecule has 0 saturated carbocycles. The molecule has 20 heavy (non-hydrogen) atoms. The summed E-state index contributed by atoms with van der Waals surface area (Å²) in [5.41, 5.74) is 6.77. The SMILES string of the molecule is NC(=O)n1nc(/C=C/c2ccsc2)c2c[c]cc(F)c21. The first-order chi connectivity index (χ1) is 9.66. The number of hydrogen-bond donors (Lipinski definition) is 1. The summed E-state index contributed by atoms with van der Waals surface area (Å²) in [5, 5.41) is 8.46. The number of thiophene rings is 1. The quantitative estimate of drug-likeness (QED) is 0.786. The van der Waals surface area contributed by atoms with Crippen molar-refractivity contribution in [3.05, 3.63) is 52.1 Å². The molecular weight excluding hydrogens is 277 g/mol. The molecule has 2 heterocycles. The van der Waals surface area contributed by atoms with E-state index in [9.17, 15) is 9.18 Å². The fourth-order valence-electron chi connectivity index (χ4n) is 1.91. The number of aromatic nitrogens is 2. The Morgan fingerprint density at radius 3 is 3.00 bits per heavy atom. The Hall–Kier alpha value is -2.47. The largest absolute Gasteiger partial charge is 0.350 e. The van der Waals surface area contributed by atoms with E-state index in [0.717, 1.165) is 16.3 Å². The van der Waals surface area contributed by atoms with E-state index >= 15 is 0 Å². The number of nitrogens with zero attached hydrogens (tertiary/aromatic N) is 2. The van der Waals surface area contributed by atoms with E-state index in [4.69, 9.17) is 5.73 Å². The van der Waals surface area contributed by atoms with Gasteiger partial charge in [-0.2, -0.15) is 21.1 Å². The molecule has 2 N–H and O–H groups in total. The van der Waals surface area contributed by atoms with Crippen LogP contribution in [0.1, 0.15) is 11.3 Å². The van der Waals surface area contributed by atoms with Gasteiger partial charge in [0.15, 0.2) is 0 Å². The van der Waals surface area contributed by atoms with Crippen molar-refractivity contribution in [2.45, 2.75) is 0 Å². The topological polar surface area (TPSA) is 60.9 Å². The molecule has 1 amide bonds. The van der Waals surface area contributed by atoms with Crippen LogP contribution in [0.15, 0.2) is 29.0 Å². The van der Waals surface area contributed by atoms with Crippen molar-refractivity contribution in [3.63, 3.8) is 0 Å². The number of carbonyl (C=O) groups excluding carboxylic acids is 1. The monoisotopic (exact) mass is 286 g/mol. The van der Waals surface area contributed by atoms with Gasteiger partial charge in [-0.25, -0.2) is 9.18 Å². The Bertz CT molecular complexity index is 805. The number of halogens is 1. The molecule has 0 aliphatic heterocycles. The minimum Gasteiger partial charge on any atom is -0.350 e. The van der Waals surface area contributed by atoms with Gasteiger partial charge in [0.05, 0.1) is 5.69 Å². The minimum atomic E-state index is -0.824. The number of fused-ring (bicyclic) bond motifs is 1. The number of rotatable bonds is 2. The van der Waals surface area contributed by atoms with Crippen LogP contribution in [-0.4, -0.2) is 15.8 Å². The van der Waals surface area contributed by atoms with E-state index in [2.05, 4.69) is 11.2 Å². The van der Waals surface area contributed by atoms with Gasteiger partial charge in [0.2, 0.25) is 0 Å². The lowest BCUT2D eigenvalue weighted by atomic mass is 10.2. The Morgan fingerprint density at radius 2 is 2.30 bits per heavy atom. The lowest BCUT2D eigenvalue weighted by Gasteiger charge is -1.96. The fourth-order valence-corrected chi connectivity index (χ4v) is 2.54. The van der Waals surface area contributed by atoms with Crippen molar-refractivity contribution < 1.29 is 9.18 Å². The van der Waals surface area contributed by atoms with Crippen LogP contribution >= 0.6 is 11.3 Å². The summed E-state index contributed by atoms with van der Waals surface area (Å²) in [7, 11) is 0. The third-order valence-corrected chi connectivity index (χ3v) is 3.50. The third kappa shape index (κ3) is 2.10. The van der Waals surface area contributed by atoms with Crippen LogP contribution in [0.25, 0.3) is 23.1 Å². The number of benzene rings is 1. The van der Waals surface area contributed by atoms with Crippen LogP contribution in [0.5, 0.6) is 0 Å². The Kier molecular flexibility index (Phi) is 3.08. The van der Waals surface area contributed by atoms with Crippen molar-refractivity contribution in [1.29, 1.82) is 0 Å². The molecule has 0 unspecified atom stereocenters. The van der Waals surface area contributed by atoms with Gasteiger partial charge in [0, 0.05) is 5.39 Å². The first kappa shape index (κ1) is 12.6. The normalized spacial score (nSPS) is 11.4. The van der Waals surface area contributed by atoms with Gasteiger partial charge in [0.1, 0.15) is 11.3 Å². The highest BCUT2D eigenvalue weighted by Gasteiger charge is 2.15. The summed E-state index contributed by atoms with van der Waals surface area (Å²) in [6, 6.07) is 6.53. The maximum atomic E-state index is 13.8. The maximum Gasteiger partial charge on any atom is 0.340 e. The summed E-state index contributed by atoms with van der Waals surface area (Å²) >= 11 is 1.57. The predicted molar refractivity (Wildman–Crippen MR) is 76.8 cm³/mol. The molecule has 0 aliphatic carbocycles. The molecule has 0 saturated heterocycles. The van der Waals surface area contributed by atoms with Crippen LogP contribution in [0.3, 0.4) is 0 Å². The molecule has 3 aromatic rings. The van der Waals surface area contributed by atoms with E-state index in [-0.39, 0.29) is 5.52 Å². The fraction of sp³-hybridized carbons (Fsp3) is 0. The van der Waals surface area contributed by atoms with Crippen LogP contribution in [0.4, 0.5) is 9.18 Å². The second-order valence-electron chi connectivity index (χ2n) is 4.09. The molecule has 4 nitrogen and oxygen atoms in total. The molecule has 0 spiro atoms. The molecule has 1 radical (unpaired) electrons. The van der Waals surface area contributed by atoms with Crippen LogP contribution in [0, 0.1) is 11.9 Å².